The first-order chi connectivity index (χ1) is 15.5. The fourth-order valence-electron chi connectivity index (χ4n) is 3.26. The van der Waals surface area contributed by atoms with Crippen LogP contribution < -0.4 is 15.6 Å². The van der Waals surface area contributed by atoms with Crippen molar-refractivity contribution in [1.82, 2.24) is 0 Å². The van der Waals surface area contributed by atoms with Crippen molar-refractivity contribution in [1.29, 1.82) is 0 Å². The number of nitrogen functional groups attached to an aromatic ring is 1. The van der Waals surface area contributed by atoms with Gasteiger partial charge < -0.3 is 15.6 Å². The molecule has 0 saturated heterocycles. The van der Waals surface area contributed by atoms with Crippen LogP contribution in [0, 0.1) is 5.82 Å². The summed E-state index contributed by atoms with van der Waals surface area (Å²) in [7, 11) is -0.508. The summed E-state index contributed by atoms with van der Waals surface area (Å²) in [5, 5.41) is 4.86. The van der Waals surface area contributed by atoms with Gasteiger partial charge in [0.1, 0.15) is 11.6 Å². The summed E-state index contributed by atoms with van der Waals surface area (Å²) in [5.74, 6) is -0.356. The standard InChI is InChI=1S/C24H18FN2O3PS/c25-19-8-10-22(30-31-29)18(13-19)12-15-3-5-16(6-4-15)24(28)27-21-14-17(7-9-20(21)26)23-2-1-11-32-23/h1-11,13-14H,12,26H2,(H,27,28). The smallest absolute Gasteiger partial charge is 0.395 e. The molecule has 0 spiro atoms. The first-order valence-corrected chi connectivity index (χ1v) is 11.3. The highest BCUT2D eigenvalue weighted by Crippen LogP contribution is 2.30. The van der Waals surface area contributed by atoms with Gasteiger partial charge in [0.25, 0.3) is 5.91 Å². The number of nitrogens with two attached hydrogens (primary N) is 1. The Morgan fingerprint density at radius 3 is 2.59 bits per heavy atom. The maximum Gasteiger partial charge on any atom is 0.395 e. The highest BCUT2D eigenvalue weighted by molar-refractivity contribution is 7.17. The first kappa shape index (κ1) is 21.7. The summed E-state index contributed by atoms with van der Waals surface area (Å²) in [5.41, 5.74) is 9.92. The van der Waals surface area contributed by atoms with E-state index in [0.29, 0.717) is 34.7 Å². The molecule has 160 valence electrons. The van der Waals surface area contributed by atoms with Gasteiger partial charge in [0.15, 0.2) is 0 Å². The Kier molecular flexibility index (Phi) is 6.59. The highest BCUT2D eigenvalue weighted by atomic mass is 32.1. The number of nitrogens with one attached hydrogen (secondary N) is 1. The Bertz CT molecular complexity index is 1260. The lowest BCUT2D eigenvalue weighted by Crippen LogP contribution is -2.13. The third-order valence-corrected chi connectivity index (χ3v) is 6.07. The predicted molar refractivity (Wildman–Crippen MR) is 126 cm³/mol. The zero-order chi connectivity index (χ0) is 22.5. The molecular formula is C24H18FN2O3PS. The maximum absolute atomic E-state index is 13.6. The van der Waals surface area contributed by atoms with Crippen LogP contribution in [0.1, 0.15) is 21.5 Å². The zero-order valence-electron chi connectivity index (χ0n) is 16.7. The predicted octanol–water partition coefficient (Wildman–Crippen LogP) is 6.57. The van der Waals surface area contributed by atoms with Gasteiger partial charge in [0.2, 0.25) is 0 Å². The molecule has 4 aromatic rings. The van der Waals surface area contributed by atoms with Gasteiger partial charge in [-0.15, -0.1) is 11.3 Å². The van der Waals surface area contributed by atoms with Gasteiger partial charge in [-0.3, -0.25) is 4.79 Å². The summed E-state index contributed by atoms with van der Waals surface area (Å²) < 4.78 is 29.4. The summed E-state index contributed by atoms with van der Waals surface area (Å²) in [6, 6.07) is 20.5. The third kappa shape index (κ3) is 5.02. The minimum absolute atomic E-state index is 0.286. The fraction of sp³-hybridized carbons (Fsp3) is 0.0417. The van der Waals surface area contributed by atoms with E-state index in [1.807, 2.05) is 29.6 Å². The molecule has 3 N–H and O–H groups in total. The Balaban J connectivity index is 1.49. The molecule has 3 aromatic carbocycles. The van der Waals surface area contributed by atoms with Crippen LogP contribution in [-0.2, 0) is 11.0 Å². The maximum atomic E-state index is 13.6. The minimum atomic E-state index is -0.508. The van der Waals surface area contributed by atoms with Crippen molar-refractivity contribution in [2.24, 2.45) is 0 Å². The summed E-state index contributed by atoms with van der Waals surface area (Å²) >= 11 is 1.61. The molecular weight excluding hydrogens is 446 g/mol. The molecule has 5 nitrogen and oxygen atoms in total. The van der Waals surface area contributed by atoms with Crippen LogP contribution in [0.2, 0.25) is 0 Å². The molecule has 0 bridgehead atoms. The van der Waals surface area contributed by atoms with Crippen molar-refractivity contribution >= 4 is 37.3 Å². The van der Waals surface area contributed by atoms with Gasteiger partial charge in [0.05, 0.1) is 11.4 Å². The molecule has 0 unspecified atom stereocenters. The Labute approximate surface area is 190 Å². The molecule has 0 saturated carbocycles. The van der Waals surface area contributed by atoms with Crippen molar-refractivity contribution in [2.75, 3.05) is 11.1 Å². The third-order valence-electron chi connectivity index (χ3n) is 4.88. The number of hydrogen-bond donors (Lipinski definition) is 2. The molecule has 1 heterocycles. The second kappa shape index (κ2) is 9.73. The number of anilines is 2. The molecule has 0 aliphatic heterocycles. The van der Waals surface area contributed by atoms with E-state index in [-0.39, 0.29) is 5.91 Å². The van der Waals surface area contributed by atoms with Crippen LogP contribution in [0.15, 0.2) is 78.2 Å². The Morgan fingerprint density at radius 1 is 1.06 bits per heavy atom. The first-order valence-electron chi connectivity index (χ1n) is 9.65. The second-order valence-electron chi connectivity index (χ2n) is 7.03. The lowest BCUT2D eigenvalue weighted by molar-refractivity contribution is 0.102. The number of halogens is 1. The van der Waals surface area contributed by atoms with Gasteiger partial charge in [-0.2, -0.15) is 0 Å². The number of hydrogen-bond acceptors (Lipinski definition) is 5. The lowest BCUT2D eigenvalue weighted by atomic mass is 10.0. The minimum Gasteiger partial charge on any atom is -0.407 e. The quantitative estimate of drug-likeness (QED) is 0.240. The number of rotatable bonds is 7. The van der Waals surface area contributed by atoms with Crippen molar-refractivity contribution in [3.8, 4) is 16.2 Å². The summed E-state index contributed by atoms with van der Waals surface area (Å²) in [6.07, 6.45) is 0.361. The average Bonchev–Trinajstić information content (AvgIpc) is 3.33. The van der Waals surface area contributed by atoms with Crippen LogP contribution >= 0.6 is 20.0 Å². The molecule has 0 atom stereocenters. The van der Waals surface area contributed by atoms with Gasteiger partial charge in [0, 0.05) is 22.4 Å². The van der Waals surface area contributed by atoms with Crippen LogP contribution in [0.5, 0.6) is 5.75 Å². The number of thiophene rings is 1. The van der Waals surface area contributed by atoms with E-state index in [2.05, 4.69) is 5.32 Å². The van der Waals surface area contributed by atoms with Gasteiger partial charge in [-0.1, -0.05) is 24.3 Å². The van der Waals surface area contributed by atoms with E-state index in [1.54, 1.807) is 41.7 Å². The largest absolute Gasteiger partial charge is 0.407 e. The van der Waals surface area contributed by atoms with E-state index in [9.17, 15) is 13.8 Å². The molecule has 0 aliphatic rings. The van der Waals surface area contributed by atoms with Gasteiger partial charge >= 0.3 is 8.69 Å². The zero-order valence-corrected chi connectivity index (χ0v) is 18.5. The summed E-state index contributed by atoms with van der Waals surface area (Å²) in [4.78, 5) is 13.8. The average molecular weight is 464 g/mol. The Morgan fingerprint density at radius 2 is 1.88 bits per heavy atom. The van der Waals surface area contributed by atoms with Crippen molar-refractivity contribution in [3.05, 3.63) is 101 Å². The molecule has 1 aromatic heterocycles. The molecule has 32 heavy (non-hydrogen) atoms. The van der Waals surface area contributed by atoms with Gasteiger partial charge in [-0.05, 0) is 65.0 Å². The highest BCUT2D eigenvalue weighted by Gasteiger charge is 2.12. The monoisotopic (exact) mass is 464 g/mol. The molecule has 0 radical (unpaired) electrons. The van der Waals surface area contributed by atoms with Crippen LogP contribution in [-0.4, -0.2) is 5.91 Å². The van der Waals surface area contributed by atoms with Crippen molar-refractivity contribution < 1.29 is 18.3 Å². The van der Waals surface area contributed by atoms with Crippen molar-refractivity contribution in [3.63, 3.8) is 0 Å². The van der Waals surface area contributed by atoms with Crippen LogP contribution in [0.25, 0.3) is 10.4 Å². The van der Waals surface area contributed by atoms with Crippen LogP contribution in [0.3, 0.4) is 0 Å². The van der Waals surface area contributed by atoms with Gasteiger partial charge in [-0.25, -0.2) is 8.96 Å². The molecule has 1 amide bonds. The SMILES string of the molecule is Nc1ccc(-c2cccs2)cc1NC(=O)c1ccc(Cc2cc(F)ccc2OP=O)cc1. The normalized spacial score (nSPS) is 10.8. The second-order valence-corrected chi connectivity index (χ2v) is 8.30. The molecule has 4 rings (SSSR count). The van der Waals surface area contributed by atoms with Crippen LogP contribution in [0.4, 0.5) is 15.8 Å². The van der Waals surface area contributed by atoms with Crippen molar-refractivity contribution in [2.45, 2.75) is 6.42 Å². The Hall–Kier alpha value is -3.54. The topological polar surface area (TPSA) is 81.4 Å². The van der Waals surface area contributed by atoms with E-state index in [4.69, 9.17) is 10.3 Å². The molecule has 8 heteroatoms. The number of benzene rings is 3. The molecule has 0 fully saturated rings. The van der Waals surface area contributed by atoms with E-state index in [1.165, 1.54) is 18.2 Å². The van der Waals surface area contributed by atoms with E-state index < -0.39 is 14.5 Å². The fourth-order valence-corrected chi connectivity index (χ4v) is 4.25. The number of amides is 1. The number of carbonyl (C=O) groups excluding carboxylic acids is 1. The summed E-state index contributed by atoms with van der Waals surface area (Å²) in [6.45, 7) is 0. The van der Waals surface area contributed by atoms with E-state index >= 15 is 0 Å². The number of carbonyl (C=O) groups is 1. The molecule has 0 aliphatic carbocycles. The van der Waals surface area contributed by atoms with E-state index in [0.717, 1.165) is 16.0 Å². The lowest BCUT2D eigenvalue weighted by Gasteiger charge is -2.11.